The SMILES string of the molecule is CCOC(=O)NCCCCC(NC(=O)OCC)C(=O)NCCCCC=O. The Bertz CT molecular complexity index is 431. The van der Waals surface area contributed by atoms with Gasteiger partial charge in [-0.15, -0.1) is 0 Å². The zero-order valence-electron chi connectivity index (χ0n) is 15.7. The predicted molar refractivity (Wildman–Crippen MR) is 95.7 cm³/mol. The van der Waals surface area contributed by atoms with Gasteiger partial charge in [0.2, 0.25) is 5.91 Å². The molecule has 9 heteroatoms. The van der Waals surface area contributed by atoms with Gasteiger partial charge in [-0.25, -0.2) is 9.59 Å². The molecule has 0 heterocycles. The summed E-state index contributed by atoms with van der Waals surface area (Å²) in [4.78, 5) is 45.3. The largest absolute Gasteiger partial charge is 0.450 e. The molecule has 3 amide bonds. The van der Waals surface area contributed by atoms with Gasteiger partial charge in [-0.1, -0.05) is 0 Å². The lowest BCUT2D eigenvalue weighted by atomic mass is 10.1. The average molecular weight is 373 g/mol. The number of hydrogen-bond donors (Lipinski definition) is 3. The van der Waals surface area contributed by atoms with Crippen molar-refractivity contribution < 1.29 is 28.7 Å². The van der Waals surface area contributed by atoms with Gasteiger partial charge in [-0.05, 0) is 46.0 Å². The van der Waals surface area contributed by atoms with Crippen LogP contribution >= 0.6 is 0 Å². The predicted octanol–water partition coefficient (Wildman–Crippen LogP) is 1.50. The van der Waals surface area contributed by atoms with Crippen LogP contribution in [0.2, 0.25) is 0 Å². The molecule has 150 valence electrons. The van der Waals surface area contributed by atoms with E-state index in [9.17, 15) is 19.2 Å². The van der Waals surface area contributed by atoms with Crippen molar-refractivity contribution in [3.8, 4) is 0 Å². The second kappa shape index (κ2) is 16.2. The number of carbonyl (C=O) groups excluding carboxylic acids is 4. The summed E-state index contributed by atoms with van der Waals surface area (Å²) in [5, 5.41) is 7.90. The van der Waals surface area contributed by atoms with E-state index in [1.54, 1.807) is 13.8 Å². The second-order valence-corrected chi connectivity index (χ2v) is 5.51. The summed E-state index contributed by atoms with van der Waals surface area (Å²) in [7, 11) is 0. The third-order valence-electron chi connectivity index (χ3n) is 3.40. The molecule has 0 aliphatic rings. The quantitative estimate of drug-likeness (QED) is 0.313. The van der Waals surface area contributed by atoms with E-state index in [1.807, 2.05) is 0 Å². The molecule has 0 fully saturated rings. The molecule has 0 aliphatic heterocycles. The van der Waals surface area contributed by atoms with Gasteiger partial charge < -0.3 is 30.2 Å². The summed E-state index contributed by atoms with van der Waals surface area (Å²) in [6.07, 6.45) is 3.29. The van der Waals surface area contributed by atoms with E-state index in [-0.39, 0.29) is 12.5 Å². The number of unbranched alkanes of at least 4 members (excludes halogenated alkanes) is 3. The first-order valence-corrected chi connectivity index (χ1v) is 9.10. The van der Waals surface area contributed by atoms with Crippen LogP contribution in [0.5, 0.6) is 0 Å². The van der Waals surface area contributed by atoms with Crippen LogP contribution in [0, 0.1) is 0 Å². The maximum atomic E-state index is 12.2. The molecule has 0 rings (SSSR count). The van der Waals surface area contributed by atoms with Gasteiger partial charge >= 0.3 is 12.2 Å². The van der Waals surface area contributed by atoms with Crippen LogP contribution in [0.4, 0.5) is 9.59 Å². The van der Waals surface area contributed by atoms with Crippen molar-refractivity contribution in [2.45, 2.75) is 58.4 Å². The zero-order valence-corrected chi connectivity index (χ0v) is 15.7. The molecule has 0 bridgehead atoms. The van der Waals surface area contributed by atoms with E-state index in [1.165, 1.54) is 0 Å². The van der Waals surface area contributed by atoms with Gasteiger partial charge in [0.1, 0.15) is 12.3 Å². The lowest BCUT2D eigenvalue weighted by Crippen LogP contribution is -2.47. The van der Waals surface area contributed by atoms with E-state index in [4.69, 9.17) is 9.47 Å². The Hall–Kier alpha value is -2.32. The molecule has 0 aliphatic carbocycles. The Morgan fingerprint density at radius 1 is 0.885 bits per heavy atom. The van der Waals surface area contributed by atoms with Crippen molar-refractivity contribution in [3.63, 3.8) is 0 Å². The van der Waals surface area contributed by atoms with Crippen LogP contribution in [0.25, 0.3) is 0 Å². The molecule has 1 atom stereocenters. The minimum absolute atomic E-state index is 0.218. The fourth-order valence-electron chi connectivity index (χ4n) is 2.12. The molecular formula is C17H31N3O6. The topological polar surface area (TPSA) is 123 Å². The summed E-state index contributed by atoms with van der Waals surface area (Å²) in [5.74, 6) is -0.289. The van der Waals surface area contributed by atoms with Crippen molar-refractivity contribution in [2.24, 2.45) is 0 Å². The van der Waals surface area contributed by atoms with Crippen molar-refractivity contribution >= 4 is 24.4 Å². The Morgan fingerprint density at radius 3 is 2.15 bits per heavy atom. The van der Waals surface area contributed by atoms with E-state index in [0.717, 1.165) is 6.29 Å². The first kappa shape index (κ1) is 23.7. The van der Waals surface area contributed by atoms with Gasteiger partial charge in [0.25, 0.3) is 0 Å². The molecule has 0 saturated heterocycles. The smallest absolute Gasteiger partial charge is 0.407 e. The maximum absolute atomic E-state index is 12.2. The number of amides is 3. The number of hydrogen-bond acceptors (Lipinski definition) is 6. The third kappa shape index (κ3) is 13.0. The summed E-state index contributed by atoms with van der Waals surface area (Å²) < 4.78 is 9.57. The monoisotopic (exact) mass is 373 g/mol. The normalized spacial score (nSPS) is 11.2. The Kier molecular flexibility index (Phi) is 14.7. The number of ether oxygens (including phenoxy) is 2. The van der Waals surface area contributed by atoms with E-state index in [2.05, 4.69) is 16.0 Å². The number of carbonyl (C=O) groups is 4. The highest BCUT2D eigenvalue weighted by atomic mass is 16.6. The fraction of sp³-hybridized carbons (Fsp3) is 0.765. The van der Waals surface area contributed by atoms with Crippen molar-refractivity contribution in [2.75, 3.05) is 26.3 Å². The molecule has 0 aromatic rings. The first-order chi connectivity index (χ1) is 12.5. The highest BCUT2D eigenvalue weighted by Crippen LogP contribution is 2.02. The van der Waals surface area contributed by atoms with Gasteiger partial charge in [-0.2, -0.15) is 0 Å². The lowest BCUT2D eigenvalue weighted by molar-refractivity contribution is -0.123. The van der Waals surface area contributed by atoms with E-state index >= 15 is 0 Å². The second-order valence-electron chi connectivity index (χ2n) is 5.51. The summed E-state index contributed by atoms with van der Waals surface area (Å²) in [5.41, 5.74) is 0. The molecule has 0 saturated carbocycles. The highest BCUT2D eigenvalue weighted by Gasteiger charge is 2.20. The molecular weight excluding hydrogens is 342 g/mol. The molecule has 1 unspecified atom stereocenters. The lowest BCUT2D eigenvalue weighted by Gasteiger charge is -2.18. The number of alkyl carbamates (subject to hydrolysis) is 2. The highest BCUT2D eigenvalue weighted by molar-refractivity contribution is 5.85. The van der Waals surface area contributed by atoms with Crippen LogP contribution in [0.15, 0.2) is 0 Å². The van der Waals surface area contributed by atoms with Crippen LogP contribution in [-0.2, 0) is 19.1 Å². The standard InChI is InChI=1S/C17H31N3O6/c1-3-25-16(23)19-12-8-6-10-14(20-17(24)26-4-2)15(22)18-11-7-5-9-13-21/h13-14H,3-12H2,1-2H3,(H,18,22)(H,19,23)(H,20,24). The first-order valence-electron chi connectivity index (χ1n) is 9.10. The molecule has 26 heavy (non-hydrogen) atoms. The van der Waals surface area contributed by atoms with E-state index in [0.29, 0.717) is 58.2 Å². The summed E-state index contributed by atoms with van der Waals surface area (Å²) in [6.45, 7) is 4.81. The van der Waals surface area contributed by atoms with Crippen LogP contribution < -0.4 is 16.0 Å². The maximum Gasteiger partial charge on any atom is 0.407 e. The molecule has 0 spiro atoms. The fourth-order valence-corrected chi connectivity index (χ4v) is 2.12. The minimum Gasteiger partial charge on any atom is -0.450 e. The Morgan fingerprint density at radius 2 is 1.50 bits per heavy atom. The van der Waals surface area contributed by atoms with Gasteiger partial charge in [0.05, 0.1) is 13.2 Å². The molecule has 0 radical (unpaired) electrons. The van der Waals surface area contributed by atoms with E-state index < -0.39 is 18.2 Å². The molecule has 0 aromatic carbocycles. The number of rotatable bonds is 14. The molecule has 0 aromatic heterocycles. The zero-order chi connectivity index (χ0) is 19.6. The molecule has 9 nitrogen and oxygen atoms in total. The summed E-state index contributed by atoms with van der Waals surface area (Å²) >= 11 is 0. The minimum atomic E-state index is -0.706. The third-order valence-corrected chi connectivity index (χ3v) is 3.40. The van der Waals surface area contributed by atoms with Gasteiger partial charge in [0.15, 0.2) is 0 Å². The van der Waals surface area contributed by atoms with Gasteiger partial charge in [0, 0.05) is 19.5 Å². The van der Waals surface area contributed by atoms with Crippen molar-refractivity contribution in [1.82, 2.24) is 16.0 Å². The van der Waals surface area contributed by atoms with Crippen LogP contribution in [-0.4, -0.2) is 56.7 Å². The number of nitrogens with one attached hydrogen (secondary N) is 3. The Labute approximate surface area is 154 Å². The summed E-state index contributed by atoms with van der Waals surface area (Å²) in [6, 6.07) is -0.706. The Balaban J connectivity index is 4.23. The average Bonchev–Trinajstić information content (AvgIpc) is 2.60. The van der Waals surface area contributed by atoms with Gasteiger partial charge in [-0.3, -0.25) is 4.79 Å². The number of aldehydes is 1. The van der Waals surface area contributed by atoms with Crippen molar-refractivity contribution in [1.29, 1.82) is 0 Å². The van der Waals surface area contributed by atoms with Crippen molar-refractivity contribution in [3.05, 3.63) is 0 Å². The molecule has 3 N–H and O–H groups in total. The van der Waals surface area contributed by atoms with Crippen LogP contribution in [0.1, 0.15) is 52.4 Å². The van der Waals surface area contributed by atoms with Crippen LogP contribution in [0.3, 0.4) is 0 Å².